The predicted octanol–water partition coefficient (Wildman–Crippen LogP) is 4.24. The van der Waals surface area contributed by atoms with E-state index in [0.717, 1.165) is 20.6 Å². The Kier molecular flexibility index (Phi) is 2.74. The van der Waals surface area contributed by atoms with Crippen molar-refractivity contribution in [2.75, 3.05) is 0 Å². The van der Waals surface area contributed by atoms with Crippen LogP contribution in [0.2, 0.25) is 0 Å². The summed E-state index contributed by atoms with van der Waals surface area (Å²) in [4.78, 5) is 10.1. The van der Waals surface area contributed by atoms with Crippen LogP contribution in [0.5, 0.6) is 0 Å². The van der Waals surface area contributed by atoms with E-state index in [4.69, 9.17) is 0 Å². The van der Waals surface area contributed by atoms with Gasteiger partial charge >= 0.3 is 0 Å². The fourth-order valence-electron chi connectivity index (χ4n) is 1.58. The molecule has 0 spiro atoms. The Morgan fingerprint density at radius 3 is 2.65 bits per heavy atom. The van der Waals surface area contributed by atoms with E-state index in [1.807, 2.05) is 31.3 Å². The normalized spacial score (nSPS) is 10.6. The lowest BCUT2D eigenvalue weighted by molar-refractivity contribution is 1.29. The van der Waals surface area contributed by atoms with E-state index in [9.17, 15) is 0 Å². The van der Waals surface area contributed by atoms with Gasteiger partial charge in [0.05, 0.1) is 15.6 Å². The van der Waals surface area contributed by atoms with Gasteiger partial charge in [-0.1, -0.05) is 30.3 Å². The lowest BCUT2D eigenvalue weighted by atomic mass is 10.2. The molecule has 0 radical (unpaired) electrons. The maximum Gasteiger partial charge on any atom is 0.124 e. The molecule has 0 amide bonds. The van der Waals surface area contributed by atoms with Gasteiger partial charge in [-0.05, 0) is 6.92 Å². The van der Waals surface area contributed by atoms with Crippen molar-refractivity contribution < 1.29 is 0 Å². The zero-order chi connectivity index (χ0) is 11.7. The summed E-state index contributed by atoms with van der Waals surface area (Å²) in [5, 5.41) is 4.23. The van der Waals surface area contributed by atoms with Crippen molar-refractivity contribution >= 4 is 22.7 Å². The Hall–Kier alpha value is -1.52. The molecule has 0 atom stereocenters. The SMILES string of the molecule is Cc1ncc(-c2csc(-c3ccccc3)n2)s1. The van der Waals surface area contributed by atoms with E-state index >= 15 is 0 Å². The van der Waals surface area contributed by atoms with Gasteiger partial charge in [-0.2, -0.15) is 0 Å². The van der Waals surface area contributed by atoms with E-state index in [-0.39, 0.29) is 0 Å². The van der Waals surface area contributed by atoms with E-state index in [1.165, 1.54) is 5.56 Å². The highest BCUT2D eigenvalue weighted by atomic mass is 32.1. The van der Waals surface area contributed by atoms with Crippen molar-refractivity contribution in [3.63, 3.8) is 0 Å². The van der Waals surface area contributed by atoms with Crippen LogP contribution in [0.15, 0.2) is 41.9 Å². The number of aryl methyl sites for hydroxylation is 1. The van der Waals surface area contributed by atoms with Crippen LogP contribution in [-0.2, 0) is 0 Å². The van der Waals surface area contributed by atoms with Crippen LogP contribution in [0.4, 0.5) is 0 Å². The molecule has 0 aliphatic heterocycles. The van der Waals surface area contributed by atoms with E-state index in [1.54, 1.807) is 22.7 Å². The minimum atomic E-state index is 1.03. The Balaban J connectivity index is 1.99. The predicted molar refractivity (Wildman–Crippen MR) is 73.4 cm³/mol. The number of thiazole rings is 2. The van der Waals surface area contributed by atoms with Gasteiger partial charge in [0.15, 0.2) is 0 Å². The van der Waals surface area contributed by atoms with Crippen LogP contribution in [0.3, 0.4) is 0 Å². The number of rotatable bonds is 2. The van der Waals surface area contributed by atoms with Crippen LogP contribution < -0.4 is 0 Å². The molecule has 84 valence electrons. The molecule has 0 aliphatic carbocycles. The monoisotopic (exact) mass is 258 g/mol. The van der Waals surface area contributed by atoms with Gasteiger partial charge in [-0.15, -0.1) is 22.7 Å². The molecular formula is C13H10N2S2. The summed E-state index contributed by atoms with van der Waals surface area (Å²) in [5.41, 5.74) is 2.20. The minimum absolute atomic E-state index is 1.03. The second kappa shape index (κ2) is 4.39. The highest BCUT2D eigenvalue weighted by Gasteiger charge is 2.08. The van der Waals surface area contributed by atoms with Crippen LogP contribution in [0.1, 0.15) is 5.01 Å². The molecule has 17 heavy (non-hydrogen) atoms. The third kappa shape index (κ3) is 2.14. The first-order valence-electron chi connectivity index (χ1n) is 5.27. The van der Waals surface area contributed by atoms with Crippen LogP contribution >= 0.6 is 22.7 Å². The summed E-state index contributed by atoms with van der Waals surface area (Å²) in [6.45, 7) is 2.01. The van der Waals surface area contributed by atoms with Crippen molar-refractivity contribution in [1.29, 1.82) is 0 Å². The van der Waals surface area contributed by atoms with E-state index < -0.39 is 0 Å². The molecule has 0 saturated heterocycles. The molecule has 0 bridgehead atoms. The Bertz CT molecular complexity index is 626. The topological polar surface area (TPSA) is 25.8 Å². The highest BCUT2D eigenvalue weighted by molar-refractivity contribution is 7.16. The van der Waals surface area contributed by atoms with Gasteiger partial charge in [0.25, 0.3) is 0 Å². The standard InChI is InChI=1S/C13H10N2S2/c1-9-14-7-12(17-9)11-8-16-13(15-11)10-5-3-2-4-6-10/h2-8H,1H3. The summed E-state index contributed by atoms with van der Waals surface area (Å²) < 4.78 is 0. The highest BCUT2D eigenvalue weighted by Crippen LogP contribution is 2.31. The molecule has 3 aromatic rings. The van der Waals surface area contributed by atoms with Crippen molar-refractivity contribution in [2.24, 2.45) is 0 Å². The Labute approximate surface area is 108 Å². The molecule has 3 rings (SSSR count). The maximum atomic E-state index is 4.65. The summed E-state index contributed by atoms with van der Waals surface area (Å²) >= 11 is 3.36. The van der Waals surface area contributed by atoms with Gasteiger partial charge in [0.1, 0.15) is 5.01 Å². The maximum absolute atomic E-state index is 4.65. The Morgan fingerprint density at radius 2 is 1.94 bits per heavy atom. The number of benzene rings is 1. The van der Waals surface area contributed by atoms with Crippen LogP contribution in [-0.4, -0.2) is 9.97 Å². The lowest BCUT2D eigenvalue weighted by Crippen LogP contribution is -1.75. The number of hydrogen-bond acceptors (Lipinski definition) is 4. The second-order valence-electron chi connectivity index (χ2n) is 3.65. The quantitative estimate of drug-likeness (QED) is 0.687. The lowest BCUT2D eigenvalue weighted by Gasteiger charge is -1.93. The largest absolute Gasteiger partial charge is 0.249 e. The van der Waals surface area contributed by atoms with Crippen LogP contribution in [0, 0.1) is 6.92 Å². The molecule has 0 saturated carbocycles. The first-order valence-corrected chi connectivity index (χ1v) is 6.96. The number of hydrogen-bond donors (Lipinski definition) is 0. The van der Waals surface area contributed by atoms with Crippen molar-refractivity contribution in [3.05, 3.63) is 46.9 Å². The van der Waals surface area contributed by atoms with Crippen LogP contribution in [0.25, 0.3) is 21.1 Å². The van der Waals surface area contributed by atoms with Gasteiger partial charge in [0.2, 0.25) is 0 Å². The summed E-state index contributed by atoms with van der Waals surface area (Å²) in [5.74, 6) is 0. The van der Waals surface area contributed by atoms with Gasteiger partial charge in [-0.25, -0.2) is 9.97 Å². The van der Waals surface area contributed by atoms with E-state index in [0.29, 0.717) is 0 Å². The number of nitrogens with zero attached hydrogens (tertiary/aromatic N) is 2. The molecular weight excluding hydrogens is 248 g/mol. The molecule has 0 fully saturated rings. The first kappa shape index (κ1) is 10.6. The average Bonchev–Trinajstić information content (AvgIpc) is 2.98. The molecule has 0 aliphatic rings. The fourth-order valence-corrected chi connectivity index (χ4v) is 3.22. The number of aromatic nitrogens is 2. The first-order chi connectivity index (χ1) is 8.33. The molecule has 2 aromatic heterocycles. The molecule has 0 N–H and O–H groups in total. The van der Waals surface area contributed by atoms with Crippen molar-refractivity contribution in [1.82, 2.24) is 9.97 Å². The molecule has 2 nitrogen and oxygen atoms in total. The Morgan fingerprint density at radius 1 is 1.12 bits per heavy atom. The zero-order valence-corrected chi connectivity index (χ0v) is 10.9. The fraction of sp³-hybridized carbons (Fsp3) is 0.0769. The zero-order valence-electron chi connectivity index (χ0n) is 9.25. The van der Waals surface area contributed by atoms with Gasteiger partial charge < -0.3 is 0 Å². The molecule has 0 unspecified atom stereocenters. The van der Waals surface area contributed by atoms with Gasteiger partial charge in [0, 0.05) is 17.1 Å². The molecule has 4 heteroatoms. The van der Waals surface area contributed by atoms with Gasteiger partial charge in [-0.3, -0.25) is 0 Å². The summed E-state index contributed by atoms with van der Waals surface area (Å²) in [6, 6.07) is 10.3. The third-order valence-corrected chi connectivity index (χ3v) is 4.23. The second-order valence-corrected chi connectivity index (χ2v) is 5.74. The van der Waals surface area contributed by atoms with E-state index in [2.05, 4.69) is 27.5 Å². The smallest absolute Gasteiger partial charge is 0.124 e. The summed E-state index contributed by atoms with van der Waals surface area (Å²) in [7, 11) is 0. The molecule has 2 heterocycles. The third-order valence-electron chi connectivity index (χ3n) is 2.40. The van der Waals surface area contributed by atoms with Crippen molar-refractivity contribution in [2.45, 2.75) is 6.92 Å². The minimum Gasteiger partial charge on any atom is -0.249 e. The average molecular weight is 258 g/mol. The van der Waals surface area contributed by atoms with Crippen molar-refractivity contribution in [3.8, 4) is 21.1 Å². The summed E-state index contributed by atoms with van der Waals surface area (Å²) in [6.07, 6.45) is 1.89. The molecule has 1 aromatic carbocycles.